The number of primary amides is 1. The molecule has 0 spiro atoms. The summed E-state index contributed by atoms with van der Waals surface area (Å²) in [5.41, 5.74) is 11.7. The maximum absolute atomic E-state index is 12.5. The molecule has 1 rings (SSSR count). The fourth-order valence-electron chi connectivity index (χ4n) is 2.57. The summed E-state index contributed by atoms with van der Waals surface area (Å²) < 4.78 is 0. The average molecular weight is 486 g/mol. The lowest BCUT2D eigenvalue weighted by Crippen LogP contribution is -2.58. The van der Waals surface area contributed by atoms with Crippen molar-refractivity contribution >= 4 is 54.9 Å². The van der Waals surface area contributed by atoms with Crippen molar-refractivity contribution < 1.29 is 29.1 Å². The zero-order chi connectivity index (χ0) is 24.3. The topological polar surface area (TPSA) is 194 Å². The number of hydrogen-bond acceptors (Lipinski definition) is 8. The minimum atomic E-state index is -1.56. The van der Waals surface area contributed by atoms with E-state index >= 15 is 0 Å². The summed E-state index contributed by atoms with van der Waals surface area (Å²) in [6, 6.07) is 4.26. The summed E-state index contributed by atoms with van der Waals surface area (Å²) in [5, 5.41) is 16.1. The fourth-order valence-corrected chi connectivity index (χ4v) is 3.09. The maximum atomic E-state index is 12.5. The quantitative estimate of drug-likeness (QED) is 0.146. The Morgan fingerprint density at radius 1 is 0.844 bits per heavy atom. The number of benzene rings is 1. The summed E-state index contributed by atoms with van der Waals surface area (Å²) in [7, 11) is 0. The van der Waals surface area contributed by atoms with Crippen LogP contribution in [0, 0.1) is 0 Å². The van der Waals surface area contributed by atoms with Crippen LogP contribution in [0.5, 0.6) is 0 Å². The van der Waals surface area contributed by atoms with Gasteiger partial charge in [-0.05, 0) is 12.0 Å². The van der Waals surface area contributed by atoms with Gasteiger partial charge < -0.3 is 32.5 Å². The van der Waals surface area contributed by atoms with Gasteiger partial charge in [-0.25, -0.2) is 4.79 Å². The van der Waals surface area contributed by atoms with Crippen LogP contribution in [0.25, 0.3) is 0 Å². The molecule has 0 bridgehead atoms. The molecule has 176 valence electrons. The number of thiol groups is 2. The number of aliphatic carboxylic acids is 1. The number of nitrogens with two attached hydrogens (primary N) is 2. The predicted octanol–water partition coefficient (Wildman–Crippen LogP) is -2.17. The summed E-state index contributed by atoms with van der Waals surface area (Å²) >= 11 is 8.04. The first-order valence-electron chi connectivity index (χ1n) is 9.52. The summed E-state index contributed by atoms with van der Waals surface area (Å²) in [6.07, 6.45) is -0.366. The van der Waals surface area contributed by atoms with Gasteiger partial charge in [-0.15, -0.1) is 0 Å². The molecule has 1 aromatic carbocycles. The highest BCUT2D eigenvalue weighted by Gasteiger charge is 2.29. The Hall–Kier alpha value is -2.77. The van der Waals surface area contributed by atoms with Crippen molar-refractivity contribution in [1.82, 2.24) is 16.0 Å². The molecule has 8 N–H and O–H groups in total. The Morgan fingerprint density at radius 2 is 1.31 bits per heavy atom. The Morgan fingerprint density at radius 3 is 1.75 bits per heavy atom. The number of carboxylic acid groups (broad SMARTS) is 1. The first-order chi connectivity index (χ1) is 15.1. The second-order valence-corrected chi connectivity index (χ2v) is 7.58. The maximum Gasteiger partial charge on any atom is 0.326 e. The third-order valence-corrected chi connectivity index (χ3v) is 5.02. The summed E-state index contributed by atoms with van der Waals surface area (Å²) in [4.78, 5) is 59.4. The van der Waals surface area contributed by atoms with Crippen LogP contribution in [0.2, 0.25) is 0 Å². The van der Waals surface area contributed by atoms with Crippen molar-refractivity contribution in [2.24, 2.45) is 11.5 Å². The van der Waals surface area contributed by atoms with E-state index in [9.17, 15) is 24.0 Å². The van der Waals surface area contributed by atoms with Gasteiger partial charge >= 0.3 is 5.97 Å². The lowest BCUT2D eigenvalue weighted by Gasteiger charge is -2.23. The van der Waals surface area contributed by atoms with Crippen LogP contribution >= 0.6 is 25.3 Å². The van der Waals surface area contributed by atoms with Gasteiger partial charge in [0, 0.05) is 11.5 Å². The minimum absolute atomic E-state index is 0.0873. The molecule has 0 aliphatic heterocycles. The highest BCUT2D eigenvalue weighted by molar-refractivity contribution is 7.80. The first kappa shape index (κ1) is 27.3. The number of carbonyl (C=O) groups excluding carboxylic acids is 4. The van der Waals surface area contributed by atoms with Crippen LogP contribution in [-0.2, 0) is 30.4 Å². The molecule has 1 aromatic rings. The van der Waals surface area contributed by atoms with Gasteiger partial charge in [-0.1, -0.05) is 30.3 Å². The van der Waals surface area contributed by atoms with Gasteiger partial charge in [0.1, 0.15) is 18.1 Å². The van der Waals surface area contributed by atoms with Crippen LogP contribution in [-0.4, -0.2) is 70.4 Å². The molecule has 32 heavy (non-hydrogen) atoms. The Kier molecular flexibility index (Phi) is 11.6. The zero-order valence-corrected chi connectivity index (χ0v) is 18.9. The van der Waals surface area contributed by atoms with E-state index in [0.29, 0.717) is 0 Å². The molecule has 4 atom stereocenters. The standard InChI is InChI=1S/C19H27N5O6S2/c20-11(6-10-4-2-1-3-5-10)16(26)23-13(8-31)18(28)24-14(9-32)17(27)22-12(19(29)30)7-15(21)25/h1-5,11-14,31-32H,6-9,20H2,(H2,21,25)(H,22,27)(H,23,26)(H,24,28)(H,29,30). The van der Waals surface area contributed by atoms with Crippen molar-refractivity contribution in [1.29, 1.82) is 0 Å². The molecule has 13 heteroatoms. The molecular weight excluding hydrogens is 458 g/mol. The second-order valence-electron chi connectivity index (χ2n) is 6.85. The van der Waals surface area contributed by atoms with Crippen molar-refractivity contribution in [3.05, 3.63) is 35.9 Å². The molecule has 11 nitrogen and oxygen atoms in total. The number of rotatable bonds is 13. The predicted molar refractivity (Wildman–Crippen MR) is 123 cm³/mol. The number of carbonyl (C=O) groups is 5. The molecule has 0 saturated carbocycles. The summed E-state index contributed by atoms with van der Waals surface area (Å²) in [5.74, 6) is -4.86. The number of nitrogens with one attached hydrogen (secondary N) is 3. The zero-order valence-electron chi connectivity index (χ0n) is 17.1. The smallest absolute Gasteiger partial charge is 0.326 e. The third kappa shape index (κ3) is 9.16. The lowest BCUT2D eigenvalue weighted by molar-refractivity contribution is -0.143. The van der Waals surface area contributed by atoms with E-state index in [4.69, 9.17) is 16.6 Å². The van der Waals surface area contributed by atoms with E-state index < -0.39 is 60.2 Å². The van der Waals surface area contributed by atoms with Crippen LogP contribution in [0.1, 0.15) is 12.0 Å². The largest absolute Gasteiger partial charge is 0.480 e. The number of carboxylic acids is 1. The minimum Gasteiger partial charge on any atom is -0.480 e. The molecule has 0 aliphatic carbocycles. The van der Waals surface area contributed by atoms with Gasteiger partial charge in [0.25, 0.3) is 0 Å². The van der Waals surface area contributed by atoms with Crippen LogP contribution in [0.15, 0.2) is 30.3 Å². The Bertz CT molecular complexity index is 826. The van der Waals surface area contributed by atoms with E-state index in [1.807, 2.05) is 30.3 Å². The fraction of sp³-hybridized carbons (Fsp3) is 0.421. The van der Waals surface area contributed by atoms with Gasteiger partial charge in [0.15, 0.2) is 0 Å². The molecule has 0 heterocycles. The summed E-state index contributed by atoms with van der Waals surface area (Å²) in [6.45, 7) is 0. The van der Waals surface area contributed by atoms with E-state index in [-0.39, 0.29) is 17.9 Å². The number of amides is 4. The molecule has 0 aliphatic rings. The van der Waals surface area contributed by atoms with Crippen molar-refractivity contribution in [2.45, 2.75) is 37.0 Å². The molecule has 0 radical (unpaired) electrons. The second kappa shape index (κ2) is 13.6. The van der Waals surface area contributed by atoms with Gasteiger partial charge in [0.05, 0.1) is 12.5 Å². The third-order valence-electron chi connectivity index (χ3n) is 4.29. The van der Waals surface area contributed by atoms with E-state index in [0.717, 1.165) is 5.56 Å². The van der Waals surface area contributed by atoms with E-state index in [2.05, 4.69) is 41.2 Å². The van der Waals surface area contributed by atoms with Gasteiger partial charge in [0.2, 0.25) is 23.6 Å². The van der Waals surface area contributed by atoms with Gasteiger partial charge in [-0.2, -0.15) is 25.3 Å². The van der Waals surface area contributed by atoms with E-state index in [1.165, 1.54) is 0 Å². The van der Waals surface area contributed by atoms with Crippen molar-refractivity contribution in [3.8, 4) is 0 Å². The average Bonchev–Trinajstić information content (AvgIpc) is 2.74. The molecule has 0 fully saturated rings. The van der Waals surface area contributed by atoms with Crippen LogP contribution in [0.3, 0.4) is 0 Å². The highest BCUT2D eigenvalue weighted by atomic mass is 32.1. The van der Waals surface area contributed by atoms with Crippen molar-refractivity contribution in [3.63, 3.8) is 0 Å². The monoisotopic (exact) mass is 485 g/mol. The Labute approximate surface area is 195 Å². The molecule has 0 saturated heterocycles. The molecule has 0 aromatic heterocycles. The molecular formula is C19H27N5O6S2. The highest BCUT2D eigenvalue weighted by Crippen LogP contribution is 2.03. The Balaban J connectivity index is 2.71. The lowest BCUT2D eigenvalue weighted by atomic mass is 10.1. The van der Waals surface area contributed by atoms with Crippen molar-refractivity contribution in [2.75, 3.05) is 11.5 Å². The molecule has 4 amide bonds. The van der Waals surface area contributed by atoms with Gasteiger partial charge in [-0.3, -0.25) is 19.2 Å². The normalized spacial score (nSPS) is 14.3. The first-order valence-corrected chi connectivity index (χ1v) is 10.8. The van der Waals surface area contributed by atoms with Crippen LogP contribution < -0.4 is 27.4 Å². The van der Waals surface area contributed by atoms with Crippen LogP contribution in [0.4, 0.5) is 0 Å². The molecule has 4 unspecified atom stereocenters. The number of hydrogen-bond donors (Lipinski definition) is 8. The SMILES string of the molecule is NC(=O)CC(NC(=O)C(CS)NC(=O)C(CS)NC(=O)C(N)Cc1ccccc1)C(=O)O. The van der Waals surface area contributed by atoms with E-state index in [1.54, 1.807) is 0 Å².